The molecule has 101 heavy (non-hydrogen) atoms. The van der Waals surface area contributed by atoms with Gasteiger partial charge < -0.3 is 30.9 Å². The van der Waals surface area contributed by atoms with Crippen LogP contribution in [-0.2, 0) is 19.3 Å². The molecule has 0 spiro atoms. The first kappa shape index (κ1) is 65.6. The van der Waals surface area contributed by atoms with Crippen LogP contribution in [0.1, 0.15) is 53.3 Å². The van der Waals surface area contributed by atoms with Crippen molar-refractivity contribution < 1.29 is 31.9 Å². The Morgan fingerprint density at radius 3 is 1.23 bits per heavy atom. The lowest BCUT2D eigenvalue weighted by atomic mass is 10.0. The van der Waals surface area contributed by atoms with Gasteiger partial charge in [0.15, 0.2) is 51.7 Å². The molecule has 0 amide bonds. The second-order valence-corrected chi connectivity index (χ2v) is 22.6. The van der Waals surface area contributed by atoms with Crippen molar-refractivity contribution in [3.8, 4) is 17.1 Å². The fourth-order valence-electron chi connectivity index (χ4n) is 10.8. The number of H-pyrrole nitrogens is 3. The van der Waals surface area contributed by atoms with E-state index in [1.807, 2.05) is 37.3 Å². The zero-order valence-corrected chi connectivity index (χ0v) is 52.8. The highest BCUT2D eigenvalue weighted by Crippen LogP contribution is 2.27. The van der Waals surface area contributed by atoms with Crippen LogP contribution in [0, 0.1) is 30.2 Å². The summed E-state index contributed by atoms with van der Waals surface area (Å²) < 4.78 is 60.3. The number of nitrogens with zero attached hydrogens (tertiary/aromatic N) is 12. The number of halogens is 4. The van der Waals surface area contributed by atoms with E-state index in [1.54, 1.807) is 67.1 Å². The van der Waals surface area contributed by atoms with Gasteiger partial charge in [-0.05, 0) is 157 Å². The fourth-order valence-corrected chi connectivity index (χ4v) is 10.8. The quantitative estimate of drug-likeness (QED) is 0.0343. The maximum atomic E-state index is 14.8. The Kier molecular flexibility index (Phi) is 18.9. The third-order valence-electron chi connectivity index (χ3n) is 15.8. The van der Waals surface area contributed by atoms with E-state index in [4.69, 9.17) is 0 Å². The van der Waals surface area contributed by atoms with Crippen LogP contribution in [0.15, 0.2) is 241 Å². The Hall–Kier alpha value is -14.1. The monoisotopic (exact) mass is 1350 g/mol. The van der Waals surface area contributed by atoms with Gasteiger partial charge in [-0.15, -0.1) is 0 Å². The summed E-state index contributed by atoms with van der Waals surface area (Å²) in [6, 6.07) is 43.7. The smallest absolute Gasteiger partial charge is 0.265 e. The summed E-state index contributed by atoms with van der Waals surface area (Å²) in [6.07, 6.45) is 13.0. The number of aryl methyl sites for hydroxylation is 1. The summed E-state index contributed by atoms with van der Waals surface area (Å²) in [4.78, 5) is 123. The molecule has 0 unspecified atom stereocenters. The Bertz CT molecular complexity index is 5820. The third kappa shape index (κ3) is 14.9. The average Bonchev–Trinajstić information content (AvgIpc) is 1.47. The van der Waals surface area contributed by atoms with Gasteiger partial charge in [0.2, 0.25) is 0 Å². The first-order chi connectivity index (χ1) is 49.1. The molecular weight excluding hydrogens is 1300 g/mol. The second-order valence-electron chi connectivity index (χ2n) is 22.6. The van der Waals surface area contributed by atoms with Crippen molar-refractivity contribution >= 4 is 85.4 Å². The molecular formula is C73H52F4N18O6. The largest absolute Gasteiger partial charge is 0.340 e. The first-order valence-corrected chi connectivity index (χ1v) is 30.8. The fraction of sp³-hybridized carbons (Fsp3) is 0.0548. The molecule has 498 valence electrons. The molecule has 0 saturated heterocycles. The van der Waals surface area contributed by atoms with Crippen molar-refractivity contribution in [2.24, 2.45) is 0 Å². The van der Waals surface area contributed by atoms with Gasteiger partial charge in [0.25, 0.3) is 16.7 Å². The molecule has 0 bridgehead atoms. The number of hydrogen-bond acceptors (Lipinski definition) is 18. The van der Waals surface area contributed by atoms with Crippen LogP contribution in [0.2, 0.25) is 0 Å². The molecule has 0 radical (unpaired) electrons. The Balaban J connectivity index is 0.000000135. The summed E-state index contributed by atoms with van der Waals surface area (Å²) in [7, 11) is 0. The lowest BCUT2D eigenvalue weighted by Crippen LogP contribution is -2.25. The molecule has 6 N–H and O–H groups in total. The van der Waals surface area contributed by atoms with Crippen LogP contribution in [0.3, 0.4) is 0 Å². The van der Waals surface area contributed by atoms with E-state index in [0.717, 1.165) is 16.8 Å². The van der Waals surface area contributed by atoms with Crippen LogP contribution in [0.4, 0.5) is 52.1 Å². The molecule has 15 aromatic rings. The van der Waals surface area contributed by atoms with Gasteiger partial charge in [-0.25, -0.2) is 62.4 Å². The topological polar surface area (TPSA) is 317 Å². The van der Waals surface area contributed by atoms with Crippen molar-refractivity contribution in [3.63, 3.8) is 0 Å². The minimum absolute atomic E-state index is 0.0444. The Labute approximate surface area is 567 Å². The van der Waals surface area contributed by atoms with Crippen molar-refractivity contribution in [1.29, 1.82) is 0 Å². The van der Waals surface area contributed by atoms with Crippen LogP contribution in [-0.4, -0.2) is 90.9 Å². The zero-order valence-electron chi connectivity index (χ0n) is 52.8. The molecule has 24 nitrogen and oxygen atoms in total. The lowest BCUT2D eigenvalue weighted by Gasteiger charge is -2.10. The normalized spacial score (nSPS) is 11.0. The molecule has 6 aromatic carbocycles. The maximum Gasteiger partial charge on any atom is 0.265 e. The number of ketones is 3. The number of Topliss-reactive ketones (excluding diaryl/α,β-unsaturated/α-hetero) is 3. The Morgan fingerprint density at radius 1 is 0.386 bits per heavy atom. The number of fused-ring (bicyclic) bond motifs is 3. The number of rotatable bonds is 18. The maximum absolute atomic E-state index is 14.8. The molecule has 0 atom stereocenters. The van der Waals surface area contributed by atoms with Crippen LogP contribution in [0.25, 0.3) is 50.6 Å². The van der Waals surface area contributed by atoms with Crippen LogP contribution < -0.4 is 32.6 Å². The van der Waals surface area contributed by atoms with Gasteiger partial charge in [0, 0.05) is 54.9 Å². The SMILES string of the molecule is Cc1cccc(-n2cccc(C(=O)Cc3ccc(Nc4ncnc5nc[nH]c45)c(F)c3)c2=O)c1.O=C(Cc1ccc(Nc2ncnc3nc[nH]c23)c(F)c1)c1cccn(-c2ccc(F)cc2)c1=O.O=C(Cc1ccc(Nc2ncnc3nc[nH]c23)cc1)c1cccn(-c2cccc(F)c2)c1=O. The number of aromatic amines is 3. The first-order valence-electron chi connectivity index (χ1n) is 30.8. The molecule has 9 aromatic heterocycles. The van der Waals surface area contributed by atoms with E-state index in [2.05, 4.69) is 75.8 Å². The molecule has 9 heterocycles. The number of imidazole rings is 3. The summed E-state index contributed by atoms with van der Waals surface area (Å²) >= 11 is 0. The number of carbonyl (C=O) groups excluding carboxylic acids is 3. The Morgan fingerprint density at radius 2 is 0.792 bits per heavy atom. The summed E-state index contributed by atoms with van der Waals surface area (Å²) in [5.74, 6) is -1.88. The molecule has 0 aliphatic rings. The highest BCUT2D eigenvalue weighted by Gasteiger charge is 2.20. The third-order valence-corrected chi connectivity index (χ3v) is 15.8. The number of carbonyl (C=O) groups is 3. The number of hydrogen-bond donors (Lipinski definition) is 6. The number of benzene rings is 6. The van der Waals surface area contributed by atoms with Gasteiger partial charge in [-0.2, -0.15) is 0 Å². The number of aromatic nitrogens is 15. The lowest BCUT2D eigenvalue weighted by molar-refractivity contribution is 0.0983. The van der Waals surface area contributed by atoms with Crippen molar-refractivity contribution in [1.82, 2.24) is 73.5 Å². The van der Waals surface area contributed by atoms with Gasteiger partial charge in [-0.1, -0.05) is 42.5 Å². The molecule has 0 aliphatic heterocycles. The van der Waals surface area contributed by atoms with Crippen LogP contribution >= 0.6 is 0 Å². The van der Waals surface area contributed by atoms with Gasteiger partial charge >= 0.3 is 0 Å². The average molecular weight is 1350 g/mol. The van der Waals surface area contributed by atoms with Crippen LogP contribution in [0.5, 0.6) is 0 Å². The highest BCUT2D eigenvalue weighted by atomic mass is 19.1. The summed E-state index contributed by atoms with van der Waals surface area (Å²) in [5.41, 5.74) is 7.03. The number of nitrogens with one attached hydrogen (secondary N) is 6. The molecule has 15 rings (SSSR count). The van der Waals surface area contributed by atoms with E-state index in [9.17, 15) is 46.3 Å². The van der Waals surface area contributed by atoms with E-state index in [1.165, 1.54) is 143 Å². The molecule has 28 heteroatoms. The zero-order chi connectivity index (χ0) is 70.1. The molecule has 0 aliphatic carbocycles. The van der Waals surface area contributed by atoms with Crippen molar-refractivity contribution in [3.05, 3.63) is 320 Å². The molecule has 0 fully saturated rings. The predicted octanol–water partition coefficient (Wildman–Crippen LogP) is 11.9. The molecule has 0 saturated carbocycles. The van der Waals surface area contributed by atoms with Crippen molar-refractivity contribution in [2.75, 3.05) is 16.0 Å². The van der Waals surface area contributed by atoms with Gasteiger partial charge in [0.1, 0.15) is 58.8 Å². The highest BCUT2D eigenvalue weighted by molar-refractivity contribution is 5.99. The second kappa shape index (κ2) is 29.1. The minimum Gasteiger partial charge on any atom is -0.340 e. The number of anilines is 6. The van der Waals surface area contributed by atoms with E-state index in [0.29, 0.717) is 79.1 Å². The van der Waals surface area contributed by atoms with E-state index in [-0.39, 0.29) is 58.9 Å². The summed E-state index contributed by atoms with van der Waals surface area (Å²) in [6.45, 7) is 1.93. The van der Waals surface area contributed by atoms with E-state index >= 15 is 0 Å². The van der Waals surface area contributed by atoms with Crippen molar-refractivity contribution in [2.45, 2.75) is 26.2 Å². The predicted molar refractivity (Wildman–Crippen MR) is 369 cm³/mol. The van der Waals surface area contributed by atoms with Gasteiger partial charge in [-0.3, -0.25) is 42.5 Å². The minimum atomic E-state index is -0.589. The summed E-state index contributed by atoms with van der Waals surface area (Å²) in [5, 5.41) is 9.00. The van der Waals surface area contributed by atoms with Gasteiger partial charge in [0.05, 0.1) is 52.7 Å². The number of pyridine rings is 3. The standard InChI is InChI=1S/C25H19FN6O2.C24H16F2N6O2.C24H17FN6O2/c1-15-4-2-5-17(10-15)32-9-3-6-18(25(32)34)21(33)12-16-7-8-20(19(26)11-16)31-24-22-23(28-13-27-22)29-14-30-24;25-15-4-6-16(7-5-15)32-9-1-2-17(24(32)34)20(33)11-14-3-8-19(18(26)10-14)31-23-21-22(28-12-27-21)29-13-30-23;25-16-3-1-4-18(12-16)31-10-2-5-19(24(31)33)20(32)11-15-6-8-17(9-7-15)30-23-21-22(27-13-26-21)28-14-29-23/h2-11,13-14H,12H2,1H3,(H2,27,28,29,30,31);1-10,12-13H,11H2,(H2,27,28,29,30,31);1-10,12-14H,11H2,(H2,26,27,28,29,30). The van der Waals surface area contributed by atoms with E-state index < -0.39 is 45.7 Å².